The van der Waals surface area contributed by atoms with Crippen LogP contribution in [-0.4, -0.2) is 20.7 Å². The number of carbonyl (C=O) groups excluding carboxylic acids is 1. The smallest absolute Gasteiger partial charge is 0.249 e. The first-order valence-electron chi connectivity index (χ1n) is 8.20. The van der Waals surface area contributed by atoms with E-state index >= 15 is 0 Å². The van der Waals surface area contributed by atoms with Gasteiger partial charge in [0, 0.05) is 24.0 Å². The summed E-state index contributed by atoms with van der Waals surface area (Å²) in [6, 6.07) is 7.86. The van der Waals surface area contributed by atoms with Crippen molar-refractivity contribution in [1.82, 2.24) is 14.8 Å². The predicted molar refractivity (Wildman–Crippen MR) is 96.5 cm³/mol. The highest BCUT2D eigenvalue weighted by Gasteiger charge is 2.17. The first kappa shape index (κ1) is 17.0. The number of aryl methyl sites for hydroxylation is 3. The van der Waals surface area contributed by atoms with Crippen LogP contribution >= 0.6 is 0 Å². The van der Waals surface area contributed by atoms with Crippen LogP contribution in [-0.2, 0) is 11.3 Å². The van der Waals surface area contributed by atoms with Gasteiger partial charge in [-0.1, -0.05) is 12.1 Å². The molecule has 0 atom stereocenters. The highest BCUT2D eigenvalue weighted by atomic mass is 16.4. The Kier molecular flexibility index (Phi) is 4.44. The van der Waals surface area contributed by atoms with Gasteiger partial charge < -0.3 is 14.3 Å². The Labute approximate surface area is 146 Å². The molecule has 6 nitrogen and oxygen atoms in total. The molecular weight excluding hydrogens is 316 g/mol. The molecule has 1 amide bonds. The minimum absolute atomic E-state index is 0.0660. The second-order valence-electron chi connectivity index (χ2n) is 6.29. The van der Waals surface area contributed by atoms with Crippen LogP contribution in [0.2, 0.25) is 0 Å². The summed E-state index contributed by atoms with van der Waals surface area (Å²) < 4.78 is 7.47. The Morgan fingerprint density at radius 1 is 1.16 bits per heavy atom. The molecule has 3 aromatic rings. The van der Waals surface area contributed by atoms with Gasteiger partial charge >= 0.3 is 0 Å². The van der Waals surface area contributed by atoms with Crippen LogP contribution in [0.25, 0.3) is 11.5 Å². The molecule has 3 rings (SSSR count). The highest BCUT2D eigenvalue weighted by Crippen LogP contribution is 2.26. The van der Waals surface area contributed by atoms with Gasteiger partial charge in [0.2, 0.25) is 17.7 Å². The number of hydrogen-bond donors (Lipinski definition) is 1. The lowest BCUT2D eigenvalue weighted by Gasteiger charge is -2.13. The maximum atomic E-state index is 12.5. The molecule has 2 heterocycles. The molecule has 130 valence electrons. The van der Waals surface area contributed by atoms with Crippen molar-refractivity contribution in [2.75, 3.05) is 5.32 Å². The average molecular weight is 338 g/mol. The number of amides is 1. The third-order valence-corrected chi connectivity index (χ3v) is 4.51. The first-order chi connectivity index (χ1) is 11.9. The fraction of sp³-hybridized carbons (Fsp3) is 0.316. The van der Waals surface area contributed by atoms with Gasteiger partial charge in [-0.25, -0.2) is 0 Å². The van der Waals surface area contributed by atoms with Crippen molar-refractivity contribution >= 4 is 11.6 Å². The van der Waals surface area contributed by atoms with Crippen molar-refractivity contribution in [3.05, 3.63) is 52.7 Å². The number of nitrogens with zero attached hydrogens (tertiary/aromatic N) is 3. The summed E-state index contributed by atoms with van der Waals surface area (Å²) in [4.78, 5) is 12.5. The van der Waals surface area contributed by atoms with Gasteiger partial charge in [-0.15, -0.1) is 10.2 Å². The number of carbonyl (C=O) groups is 1. The maximum Gasteiger partial charge on any atom is 0.249 e. The third-order valence-electron chi connectivity index (χ3n) is 4.51. The van der Waals surface area contributed by atoms with E-state index in [2.05, 4.69) is 15.5 Å². The van der Waals surface area contributed by atoms with E-state index < -0.39 is 0 Å². The van der Waals surface area contributed by atoms with E-state index in [1.54, 1.807) is 6.92 Å². The molecule has 0 fully saturated rings. The summed E-state index contributed by atoms with van der Waals surface area (Å²) in [5.41, 5.74) is 5.84. The van der Waals surface area contributed by atoms with E-state index in [9.17, 15) is 4.79 Å². The lowest BCUT2D eigenvalue weighted by atomic mass is 10.1. The van der Waals surface area contributed by atoms with Crippen LogP contribution in [0.5, 0.6) is 0 Å². The standard InChI is InChI=1S/C19H22N4O2/c1-11-7-6-8-17(13(11)3)20-18(24)10-23-12(2)9-16(14(23)4)19-22-21-15(5)25-19/h6-9H,10H2,1-5H3,(H,20,24). The zero-order chi connectivity index (χ0) is 18.1. The molecule has 0 bridgehead atoms. The molecule has 0 radical (unpaired) electrons. The SMILES string of the molecule is Cc1nnc(-c2cc(C)n(CC(=O)Nc3cccc(C)c3C)c2C)o1. The van der Waals surface area contributed by atoms with E-state index in [4.69, 9.17) is 4.42 Å². The lowest BCUT2D eigenvalue weighted by Crippen LogP contribution is -2.20. The Balaban J connectivity index is 1.82. The molecule has 0 aliphatic carbocycles. The zero-order valence-electron chi connectivity index (χ0n) is 15.2. The maximum absolute atomic E-state index is 12.5. The summed E-state index contributed by atoms with van der Waals surface area (Å²) >= 11 is 0. The van der Waals surface area contributed by atoms with Gasteiger partial charge in [-0.05, 0) is 51.0 Å². The highest BCUT2D eigenvalue weighted by molar-refractivity contribution is 5.91. The zero-order valence-corrected chi connectivity index (χ0v) is 15.2. The van der Waals surface area contributed by atoms with Gasteiger partial charge in [-0.3, -0.25) is 4.79 Å². The molecule has 0 aliphatic rings. The number of rotatable bonds is 4. The van der Waals surface area contributed by atoms with Crippen LogP contribution in [0.1, 0.15) is 28.4 Å². The van der Waals surface area contributed by atoms with E-state index in [0.29, 0.717) is 11.8 Å². The molecule has 6 heteroatoms. The van der Waals surface area contributed by atoms with Crippen molar-refractivity contribution in [3.8, 4) is 11.5 Å². The fourth-order valence-electron chi connectivity index (χ4n) is 2.89. The Hall–Kier alpha value is -2.89. The molecule has 0 aliphatic heterocycles. The molecule has 0 saturated carbocycles. The van der Waals surface area contributed by atoms with E-state index in [-0.39, 0.29) is 12.5 Å². The molecule has 1 aromatic carbocycles. The summed E-state index contributed by atoms with van der Waals surface area (Å²) in [6.45, 7) is 9.94. The van der Waals surface area contributed by atoms with Gasteiger partial charge in [0.1, 0.15) is 6.54 Å². The van der Waals surface area contributed by atoms with E-state index in [1.165, 1.54) is 0 Å². The Bertz CT molecular complexity index is 937. The molecular formula is C19H22N4O2. The number of benzene rings is 1. The van der Waals surface area contributed by atoms with Crippen LogP contribution in [0, 0.1) is 34.6 Å². The van der Waals surface area contributed by atoms with Crippen molar-refractivity contribution < 1.29 is 9.21 Å². The van der Waals surface area contributed by atoms with Crippen LogP contribution in [0.15, 0.2) is 28.7 Å². The van der Waals surface area contributed by atoms with Crippen LogP contribution in [0.3, 0.4) is 0 Å². The normalized spacial score (nSPS) is 10.9. The Morgan fingerprint density at radius 2 is 1.92 bits per heavy atom. The van der Waals surface area contributed by atoms with Crippen LogP contribution < -0.4 is 5.32 Å². The topological polar surface area (TPSA) is 73.0 Å². The number of anilines is 1. The number of nitrogens with one attached hydrogen (secondary N) is 1. The van der Waals surface area contributed by atoms with Gasteiger partial charge in [0.05, 0.1) is 5.56 Å². The molecule has 1 N–H and O–H groups in total. The van der Waals surface area contributed by atoms with Crippen LogP contribution in [0.4, 0.5) is 5.69 Å². The quantitative estimate of drug-likeness (QED) is 0.787. The number of hydrogen-bond acceptors (Lipinski definition) is 4. The summed E-state index contributed by atoms with van der Waals surface area (Å²) in [7, 11) is 0. The second-order valence-corrected chi connectivity index (χ2v) is 6.29. The van der Waals surface area contributed by atoms with E-state index in [0.717, 1.165) is 33.8 Å². The van der Waals surface area contributed by atoms with Gasteiger partial charge in [0.15, 0.2) is 0 Å². The summed E-state index contributed by atoms with van der Waals surface area (Å²) in [5, 5.41) is 10.9. The second kappa shape index (κ2) is 6.55. The van der Waals surface area contributed by atoms with Crippen molar-refractivity contribution in [2.24, 2.45) is 0 Å². The lowest BCUT2D eigenvalue weighted by molar-refractivity contribution is -0.116. The largest absolute Gasteiger partial charge is 0.421 e. The fourth-order valence-corrected chi connectivity index (χ4v) is 2.89. The molecule has 0 spiro atoms. The molecule has 2 aromatic heterocycles. The number of aromatic nitrogens is 3. The van der Waals surface area contributed by atoms with Crippen molar-refractivity contribution in [3.63, 3.8) is 0 Å². The summed E-state index contributed by atoms with van der Waals surface area (Å²) in [6.07, 6.45) is 0. The minimum Gasteiger partial charge on any atom is -0.421 e. The third kappa shape index (κ3) is 3.33. The van der Waals surface area contributed by atoms with E-state index in [1.807, 2.05) is 56.5 Å². The molecule has 0 saturated heterocycles. The Morgan fingerprint density at radius 3 is 2.60 bits per heavy atom. The predicted octanol–water partition coefficient (Wildman–Crippen LogP) is 3.72. The molecule has 0 unspecified atom stereocenters. The first-order valence-corrected chi connectivity index (χ1v) is 8.20. The molecule has 25 heavy (non-hydrogen) atoms. The van der Waals surface area contributed by atoms with Gasteiger partial charge in [-0.2, -0.15) is 0 Å². The van der Waals surface area contributed by atoms with Crippen molar-refractivity contribution in [1.29, 1.82) is 0 Å². The van der Waals surface area contributed by atoms with Crippen molar-refractivity contribution in [2.45, 2.75) is 41.2 Å². The minimum atomic E-state index is -0.0660. The monoisotopic (exact) mass is 338 g/mol. The average Bonchev–Trinajstić information content (AvgIpc) is 3.10. The summed E-state index contributed by atoms with van der Waals surface area (Å²) in [5.74, 6) is 0.933. The van der Waals surface area contributed by atoms with Gasteiger partial charge in [0.25, 0.3) is 0 Å².